The maximum Gasteiger partial charge on any atom is 0.137 e. The Morgan fingerprint density at radius 2 is 1.41 bits per heavy atom. The van der Waals surface area contributed by atoms with Gasteiger partial charge in [0.15, 0.2) is 0 Å². The number of nitrogens with zero attached hydrogens (tertiary/aromatic N) is 4. The number of fused-ring (bicyclic) bond motifs is 1. The van der Waals surface area contributed by atoms with Gasteiger partial charge in [-0.2, -0.15) is 0 Å². The van der Waals surface area contributed by atoms with Gasteiger partial charge >= 0.3 is 0 Å². The van der Waals surface area contributed by atoms with E-state index < -0.39 is 0 Å². The Balaban J connectivity index is 1.29. The molecule has 5 heteroatoms. The van der Waals surface area contributed by atoms with Gasteiger partial charge in [-0.25, -0.2) is 9.97 Å². The number of rotatable bonds is 4. The van der Waals surface area contributed by atoms with Crippen LogP contribution in [-0.4, -0.2) is 19.1 Å². The predicted molar refractivity (Wildman–Crippen MR) is 148 cm³/mol. The minimum atomic E-state index is 0.766. The number of aromatic nitrogens is 4. The molecule has 0 radical (unpaired) electrons. The van der Waals surface area contributed by atoms with Crippen LogP contribution in [0.25, 0.3) is 55.1 Å². The lowest BCUT2D eigenvalue weighted by Gasteiger charge is -2.11. The number of imidazole rings is 1. The molecule has 5 aromatic carbocycles. The minimum absolute atomic E-state index is 0.766. The maximum atomic E-state index is 6.49. The van der Waals surface area contributed by atoms with Crippen molar-refractivity contribution >= 4 is 43.6 Å². The number of benzene rings is 5. The summed E-state index contributed by atoms with van der Waals surface area (Å²) >= 11 is 0. The van der Waals surface area contributed by atoms with Crippen LogP contribution in [-0.2, 0) is 0 Å². The highest BCUT2D eigenvalue weighted by Crippen LogP contribution is 2.41. The molecular formula is C32H20N4O. The molecule has 0 aliphatic carbocycles. The third kappa shape index (κ3) is 3.04. The first kappa shape index (κ1) is 20.1. The monoisotopic (exact) mass is 476 g/mol. The van der Waals surface area contributed by atoms with Gasteiger partial charge in [-0.3, -0.25) is 9.13 Å². The van der Waals surface area contributed by atoms with Gasteiger partial charge < -0.3 is 4.74 Å². The average Bonchev–Trinajstić information content (AvgIpc) is 3.52. The van der Waals surface area contributed by atoms with Crippen molar-refractivity contribution < 1.29 is 4.74 Å². The second-order valence-corrected chi connectivity index (χ2v) is 9.21. The maximum absolute atomic E-state index is 6.49. The van der Waals surface area contributed by atoms with E-state index in [2.05, 4.69) is 73.7 Å². The van der Waals surface area contributed by atoms with Crippen LogP contribution in [0.1, 0.15) is 0 Å². The smallest absolute Gasteiger partial charge is 0.137 e. The van der Waals surface area contributed by atoms with Gasteiger partial charge in [0.2, 0.25) is 0 Å². The summed E-state index contributed by atoms with van der Waals surface area (Å²) in [5, 5.41) is 4.84. The van der Waals surface area contributed by atoms with Crippen molar-refractivity contribution in [1.29, 1.82) is 0 Å². The molecule has 8 rings (SSSR count). The molecule has 37 heavy (non-hydrogen) atoms. The largest absolute Gasteiger partial charge is 0.457 e. The molecule has 3 heterocycles. The lowest BCUT2D eigenvalue weighted by Crippen LogP contribution is -1.96. The zero-order valence-electron chi connectivity index (χ0n) is 19.7. The van der Waals surface area contributed by atoms with Crippen LogP contribution in [0.4, 0.5) is 0 Å². The van der Waals surface area contributed by atoms with Crippen molar-refractivity contribution in [3.05, 3.63) is 122 Å². The number of pyridine rings is 1. The quantitative estimate of drug-likeness (QED) is 0.243. The molecule has 0 aliphatic rings. The van der Waals surface area contributed by atoms with Gasteiger partial charge in [-0.1, -0.05) is 48.5 Å². The van der Waals surface area contributed by atoms with E-state index >= 15 is 0 Å². The first-order valence-electron chi connectivity index (χ1n) is 12.2. The van der Waals surface area contributed by atoms with Crippen LogP contribution in [0.3, 0.4) is 0 Å². The molecule has 0 fully saturated rings. The molecule has 3 aromatic heterocycles. The van der Waals surface area contributed by atoms with E-state index in [9.17, 15) is 0 Å². The summed E-state index contributed by atoms with van der Waals surface area (Å²) in [6, 6.07) is 37.3. The Kier molecular flexibility index (Phi) is 4.16. The topological polar surface area (TPSA) is 44.9 Å². The Morgan fingerprint density at radius 3 is 2.35 bits per heavy atom. The average molecular weight is 477 g/mol. The molecular weight excluding hydrogens is 456 g/mol. The molecule has 0 saturated carbocycles. The second kappa shape index (κ2) is 7.67. The molecule has 8 aromatic rings. The third-order valence-corrected chi connectivity index (χ3v) is 7.03. The molecule has 174 valence electrons. The minimum Gasteiger partial charge on any atom is -0.457 e. The van der Waals surface area contributed by atoms with E-state index in [0.717, 1.165) is 50.5 Å². The number of hydrogen-bond acceptors (Lipinski definition) is 3. The number of hydrogen-bond donors (Lipinski definition) is 0. The Bertz CT molecular complexity index is 2070. The van der Waals surface area contributed by atoms with Crippen molar-refractivity contribution in [2.24, 2.45) is 0 Å². The van der Waals surface area contributed by atoms with E-state index in [1.807, 2.05) is 67.1 Å². The zero-order valence-corrected chi connectivity index (χ0v) is 19.7. The Morgan fingerprint density at radius 1 is 0.568 bits per heavy atom. The molecule has 0 unspecified atom stereocenters. The molecule has 0 aliphatic heterocycles. The van der Waals surface area contributed by atoms with Crippen molar-refractivity contribution in [2.75, 3.05) is 0 Å². The molecule has 0 atom stereocenters. The van der Waals surface area contributed by atoms with Crippen molar-refractivity contribution in [2.45, 2.75) is 0 Å². The van der Waals surface area contributed by atoms with E-state index in [-0.39, 0.29) is 0 Å². The van der Waals surface area contributed by atoms with Crippen molar-refractivity contribution in [3.8, 4) is 23.0 Å². The van der Waals surface area contributed by atoms with Crippen LogP contribution in [0.15, 0.2) is 122 Å². The fourth-order valence-electron chi connectivity index (χ4n) is 5.46. The highest BCUT2D eigenvalue weighted by molar-refractivity contribution is 6.24. The van der Waals surface area contributed by atoms with Crippen LogP contribution in [0.5, 0.6) is 11.5 Å². The fourth-order valence-corrected chi connectivity index (χ4v) is 5.46. The summed E-state index contributed by atoms with van der Waals surface area (Å²) < 4.78 is 10.8. The lowest BCUT2D eigenvalue weighted by molar-refractivity contribution is 0.483. The first-order valence-corrected chi connectivity index (χ1v) is 12.2. The SMILES string of the molecule is c1ccc(-n2c3cccc4ccc5cc(Oc6cccc(-n7cnc8ccccc87)c6)cc2c5c43)nc1. The second-order valence-electron chi connectivity index (χ2n) is 9.21. The summed E-state index contributed by atoms with van der Waals surface area (Å²) in [6.07, 6.45) is 3.69. The molecule has 0 spiro atoms. The van der Waals surface area contributed by atoms with Crippen LogP contribution >= 0.6 is 0 Å². The van der Waals surface area contributed by atoms with Gasteiger partial charge in [0, 0.05) is 29.1 Å². The van der Waals surface area contributed by atoms with Gasteiger partial charge in [0.25, 0.3) is 0 Å². The van der Waals surface area contributed by atoms with Crippen LogP contribution in [0, 0.1) is 0 Å². The van der Waals surface area contributed by atoms with Crippen LogP contribution in [0.2, 0.25) is 0 Å². The predicted octanol–water partition coefficient (Wildman–Crippen LogP) is 7.90. The summed E-state index contributed by atoms with van der Waals surface area (Å²) in [5.74, 6) is 2.43. The van der Waals surface area contributed by atoms with Crippen molar-refractivity contribution in [3.63, 3.8) is 0 Å². The third-order valence-electron chi connectivity index (χ3n) is 7.03. The van der Waals surface area contributed by atoms with Crippen molar-refractivity contribution in [1.82, 2.24) is 19.1 Å². The fraction of sp³-hybridized carbons (Fsp3) is 0. The summed E-state index contributed by atoms with van der Waals surface area (Å²) in [5.41, 5.74) is 5.25. The Hall–Kier alpha value is -5.16. The zero-order chi connectivity index (χ0) is 24.3. The van der Waals surface area contributed by atoms with Gasteiger partial charge in [0.05, 0.1) is 27.8 Å². The van der Waals surface area contributed by atoms with E-state index in [0.29, 0.717) is 0 Å². The van der Waals surface area contributed by atoms with Gasteiger partial charge in [-0.15, -0.1) is 0 Å². The summed E-state index contributed by atoms with van der Waals surface area (Å²) in [6.45, 7) is 0. The summed E-state index contributed by atoms with van der Waals surface area (Å²) in [7, 11) is 0. The van der Waals surface area contributed by atoms with Crippen LogP contribution < -0.4 is 4.74 Å². The number of ether oxygens (including phenoxy) is 1. The highest BCUT2D eigenvalue weighted by atomic mass is 16.5. The first-order chi connectivity index (χ1) is 18.3. The van der Waals surface area contributed by atoms with E-state index in [1.54, 1.807) is 0 Å². The standard InChI is InChI=1S/C32H20N4O/c1-2-11-27-26(10-1)34-20-35(27)23-8-6-9-24(18-23)37-25-17-22-15-14-21-7-5-12-28-31(21)32(22)29(19-25)36(28)30-13-3-4-16-33-30/h1-20H. The Labute approximate surface area is 212 Å². The van der Waals surface area contributed by atoms with Gasteiger partial charge in [-0.05, 0) is 59.3 Å². The summed E-state index contributed by atoms with van der Waals surface area (Å²) in [4.78, 5) is 9.21. The molecule has 0 amide bonds. The molecule has 0 bridgehead atoms. The molecule has 5 nitrogen and oxygen atoms in total. The molecule has 0 saturated heterocycles. The lowest BCUT2D eigenvalue weighted by atomic mass is 10.0. The highest BCUT2D eigenvalue weighted by Gasteiger charge is 2.18. The number of para-hydroxylation sites is 2. The van der Waals surface area contributed by atoms with E-state index in [1.165, 1.54) is 16.2 Å². The molecule has 0 N–H and O–H groups in total. The van der Waals surface area contributed by atoms with E-state index in [4.69, 9.17) is 4.74 Å². The van der Waals surface area contributed by atoms with Gasteiger partial charge in [0.1, 0.15) is 23.6 Å². The normalized spacial score (nSPS) is 11.8.